The van der Waals surface area contributed by atoms with Crippen molar-refractivity contribution in [2.75, 3.05) is 5.75 Å². The second-order valence-electron chi connectivity index (χ2n) is 4.22. The van der Waals surface area contributed by atoms with Crippen LogP contribution >= 0.6 is 11.8 Å². The van der Waals surface area contributed by atoms with Gasteiger partial charge in [-0.25, -0.2) is 8.78 Å². The Kier molecular flexibility index (Phi) is 4.19. The highest BCUT2D eigenvalue weighted by Crippen LogP contribution is 2.25. The molecule has 2 rings (SSSR count). The molecule has 1 aromatic rings. The van der Waals surface area contributed by atoms with E-state index in [0.717, 1.165) is 36.7 Å². The maximum atomic E-state index is 13.3. The van der Waals surface area contributed by atoms with Gasteiger partial charge in [-0.2, -0.15) is 0 Å². The minimum Gasteiger partial charge on any atom is -0.480 e. The summed E-state index contributed by atoms with van der Waals surface area (Å²) in [6, 6.07) is 2.85. The van der Waals surface area contributed by atoms with Gasteiger partial charge in [0.1, 0.15) is 17.7 Å². The molecule has 1 fully saturated rings. The lowest BCUT2D eigenvalue weighted by molar-refractivity contribution is -0.138. The van der Waals surface area contributed by atoms with Crippen molar-refractivity contribution in [3.63, 3.8) is 0 Å². The van der Waals surface area contributed by atoms with E-state index in [1.165, 1.54) is 6.07 Å². The third-order valence-corrected chi connectivity index (χ3v) is 3.75. The van der Waals surface area contributed by atoms with E-state index in [2.05, 4.69) is 5.32 Å². The number of hydrogen-bond donors (Lipinski definition) is 2. The van der Waals surface area contributed by atoms with Gasteiger partial charge in [-0.05, 0) is 25.0 Å². The van der Waals surface area contributed by atoms with E-state index in [0.29, 0.717) is 0 Å². The monoisotopic (exact) mass is 273 g/mol. The Morgan fingerprint density at radius 1 is 1.50 bits per heavy atom. The predicted molar refractivity (Wildman–Crippen MR) is 64.7 cm³/mol. The average Bonchev–Trinajstić information content (AvgIpc) is 3.09. The summed E-state index contributed by atoms with van der Waals surface area (Å²) >= 11 is 1.08. The molecule has 0 bridgehead atoms. The lowest BCUT2D eigenvalue weighted by Gasteiger charge is -2.13. The Hall–Kier alpha value is -1.14. The molecular formula is C12H13F2NO2S. The highest BCUT2D eigenvalue weighted by molar-refractivity contribution is 7.99. The first-order chi connectivity index (χ1) is 8.56. The van der Waals surface area contributed by atoms with E-state index >= 15 is 0 Å². The molecule has 2 N–H and O–H groups in total. The Balaban J connectivity index is 1.93. The van der Waals surface area contributed by atoms with Gasteiger partial charge in [0, 0.05) is 22.8 Å². The Morgan fingerprint density at radius 3 is 2.78 bits per heavy atom. The van der Waals surface area contributed by atoms with Crippen molar-refractivity contribution in [2.24, 2.45) is 0 Å². The minimum atomic E-state index is -0.947. The molecule has 1 atom stereocenters. The van der Waals surface area contributed by atoms with Crippen LogP contribution in [0.4, 0.5) is 8.78 Å². The largest absolute Gasteiger partial charge is 0.480 e. The average molecular weight is 273 g/mol. The third-order valence-electron chi connectivity index (χ3n) is 2.61. The normalized spacial score (nSPS) is 16.6. The first-order valence-electron chi connectivity index (χ1n) is 5.63. The number of rotatable bonds is 6. The maximum Gasteiger partial charge on any atom is 0.321 e. The van der Waals surface area contributed by atoms with E-state index in [1.54, 1.807) is 0 Å². The third kappa shape index (κ3) is 3.68. The Morgan fingerprint density at radius 2 is 2.22 bits per heavy atom. The van der Waals surface area contributed by atoms with Crippen molar-refractivity contribution < 1.29 is 18.7 Å². The van der Waals surface area contributed by atoms with Gasteiger partial charge in [-0.15, -0.1) is 11.8 Å². The van der Waals surface area contributed by atoms with Gasteiger partial charge in [0.15, 0.2) is 0 Å². The topological polar surface area (TPSA) is 49.3 Å². The molecule has 0 amide bonds. The fourth-order valence-corrected chi connectivity index (χ4v) is 2.44. The quantitative estimate of drug-likeness (QED) is 0.781. The molecule has 0 aliphatic heterocycles. The molecule has 3 nitrogen and oxygen atoms in total. The smallest absolute Gasteiger partial charge is 0.321 e. The molecule has 0 radical (unpaired) electrons. The first-order valence-corrected chi connectivity index (χ1v) is 6.61. The molecule has 6 heteroatoms. The van der Waals surface area contributed by atoms with Crippen LogP contribution in [-0.4, -0.2) is 28.9 Å². The molecule has 18 heavy (non-hydrogen) atoms. The van der Waals surface area contributed by atoms with E-state index in [9.17, 15) is 13.6 Å². The molecule has 98 valence electrons. The number of carbonyl (C=O) groups is 1. The van der Waals surface area contributed by atoms with E-state index in [-0.39, 0.29) is 16.7 Å². The number of carboxylic acid groups (broad SMARTS) is 1. The molecule has 1 unspecified atom stereocenters. The molecular weight excluding hydrogens is 260 g/mol. The van der Waals surface area contributed by atoms with Crippen LogP contribution in [0.1, 0.15) is 12.8 Å². The molecule has 1 aliphatic rings. The van der Waals surface area contributed by atoms with Crippen LogP contribution in [0, 0.1) is 11.6 Å². The Bertz CT molecular complexity index is 452. The lowest BCUT2D eigenvalue weighted by Crippen LogP contribution is -2.40. The second kappa shape index (κ2) is 5.67. The summed E-state index contributed by atoms with van der Waals surface area (Å²) in [5.41, 5.74) is 0. The van der Waals surface area contributed by atoms with Crippen molar-refractivity contribution in [1.29, 1.82) is 0 Å². The molecule has 0 aromatic heterocycles. The fraction of sp³-hybridized carbons (Fsp3) is 0.417. The van der Waals surface area contributed by atoms with Crippen LogP contribution < -0.4 is 5.32 Å². The van der Waals surface area contributed by atoms with Gasteiger partial charge in [-0.3, -0.25) is 4.79 Å². The zero-order valence-electron chi connectivity index (χ0n) is 9.53. The molecule has 1 aliphatic carbocycles. The number of hydrogen-bond acceptors (Lipinski definition) is 3. The minimum absolute atomic E-state index is 0.217. The number of carboxylic acids is 1. The summed E-state index contributed by atoms with van der Waals surface area (Å²) in [5, 5.41) is 12.0. The number of thioether (sulfide) groups is 1. The van der Waals surface area contributed by atoms with Crippen LogP contribution in [0.2, 0.25) is 0 Å². The van der Waals surface area contributed by atoms with Gasteiger partial charge in [0.05, 0.1) is 0 Å². The summed E-state index contributed by atoms with van der Waals surface area (Å²) in [7, 11) is 0. The van der Waals surface area contributed by atoms with E-state index in [1.807, 2.05) is 0 Å². The zero-order chi connectivity index (χ0) is 13.1. The van der Waals surface area contributed by atoms with Crippen LogP contribution in [0.25, 0.3) is 0 Å². The molecule has 1 saturated carbocycles. The van der Waals surface area contributed by atoms with Crippen molar-refractivity contribution in [1.82, 2.24) is 5.32 Å². The summed E-state index contributed by atoms with van der Waals surface area (Å²) in [6.45, 7) is 0. The highest BCUT2D eigenvalue weighted by Gasteiger charge is 2.28. The van der Waals surface area contributed by atoms with Crippen LogP contribution in [-0.2, 0) is 4.79 Å². The standard InChI is InChI=1S/C12H13F2NO2S/c13-7-1-4-11(9(14)5-7)18-6-10(12(16)17)15-8-2-3-8/h1,4-5,8,10,15H,2-3,6H2,(H,16,17). The van der Waals surface area contributed by atoms with Gasteiger partial charge in [-0.1, -0.05) is 0 Å². The number of halogens is 2. The predicted octanol–water partition coefficient (Wildman–Crippen LogP) is 2.26. The summed E-state index contributed by atoms with van der Waals surface area (Å²) in [4.78, 5) is 11.3. The summed E-state index contributed by atoms with van der Waals surface area (Å²) in [6.07, 6.45) is 1.97. The van der Waals surface area contributed by atoms with Gasteiger partial charge < -0.3 is 10.4 Å². The molecule has 0 spiro atoms. The number of benzene rings is 1. The second-order valence-corrected chi connectivity index (χ2v) is 5.28. The van der Waals surface area contributed by atoms with Crippen molar-refractivity contribution in [2.45, 2.75) is 29.8 Å². The molecule has 0 saturated heterocycles. The van der Waals surface area contributed by atoms with Gasteiger partial charge in [0.25, 0.3) is 0 Å². The van der Waals surface area contributed by atoms with Crippen molar-refractivity contribution in [3.8, 4) is 0 Å². The Labute approximate surface area is 108 Å². The van der Waals surface area contributed by atoms with Crippen LogP contribution in [0.15, 0.2) is 23.1 Å². The molecule has 0 heterocycles. The fourth-order valence-electron chi connectivity index (χ4n) is 1.49. The maximum absolute atomic E-state index is 13.3. The van der Waals surface area contributed by atoms with Crippen molar-refractivity contribution in [3.05, 3.63) is 29.8 Å². The van der Waals surface area contributed by atoms with Gasteiger partial charge in [0.2, 0.25) is 0 Å². The molecule has 1 aromatic carbocycles. The zero-order valence-corrected chi connectivity index (χ0v) is 10.3. The highest BCUT2D eigenvalue weighted by atomic mass is 32.2. The first kappa shape index (κ1) is 13.3. The summed E-state index contributed by atoms with van der Waals surface area (Å²) in [5.74, 6) is -2.02. The van der Waals surface area contributed by atoms with E-state index in [4.69, 9.17) is 5.11 Å². The van der Waals surface area contributed by atoms with Crippen molar-refractivity contribution >= 4 is 17.7 Å². The number of nitrogens with one attached hydrogen (secondary N) is 1. The number of aliphatic carboxylic acids is 1. The van der Waals surface area contributed by atoms with E-state index < -0.39 is 23.6 Å². The van der Waals surface area contributed by atoms with Gasteiger partial charge >= 0.3 is 5.97 Å². The van der Waals surface area contributed by atoms with Crippen LogP contribution in [0.3, 0.4) is 0 Å². The SMILES string of the molecule is O=C(O)C(CSc1ccc(F)cc1F)NC1CC1. The summed E-state index contributed by atoms with van der Waals surface area (Å²) < 4.78 is 26.0. The van der Waals surface area contributed by atoms with Crippen LogP contribution in [0.5, 0.6) is 0 Å². The lowest BCUT2D eigenvalue weighted by atomic mass is 10.3.